The van der Waals surface area contributed by atoms with E-state index in [0.717, 1.165) is 42.4 Å². The highest BCUT2D eigenvalue weighted by atomic mass is 32.1. The van der Waals surface area contributed by atoms with Crippen LogP contribution in [0.2, 0.25) is 0 Å². The second-order valence-electron chi connectivity index (χ2n) is 7.68. The molecule has 28 heavy (non-hydrogen) atoms. The summed E-state index contributed by atoms with van der Waals surface area (Å²) in [5.74, 6) is 2.59. The van der Waals surface area contributed by atoms with E-state index < -0.39 is 0 Å². The Morgan fingerprint density at radius 3 is 2.79 bits per heavy atom. The van der Waals surface area contributed by atoms with Crippen molar-refractivity contribution >= 4 is 27.4 Å². The summed E-state index contributed by atoms with van der Waals surface area (Å²) in [6, 6.07) is 10.5. The van der Waals surface area contributed by atoms with E-state index in [1.165, 1.54) is 29.4 Å². The molecular formula is C22H25N3O2S. The SMILES string of the molecule is OCCOC1CCCN(c2nc(C3CC3)nc3scc(-c4ccccc4)c23)C1. The number of nitrogens with zero attached hydrogens (tertiary/aromatic N) is 3. The van der Waals surface area contributed by atoms with E-state index >= 15 is 0 Å². The predicted molar refractivity (Wildman–Crippen MR) is 113 cm³/mol. The molecule has 2 aliphatic rings. The van der Waals surface area contributed by atoms with Gasteiger partial charge in [0.1, 0.15) is 16.5 Å². The van der Waals surface area contributed by atoms with Gasteiger partial charge in [0.05, 0.1) is 24.7 Å². The molecular weight excluding hydrogens is 370 g/mol. The zero-order chi connectivity index (χ0) is 18.9. The first-order valence-electron chi connectivity index (χ1n) is 10.2. The van der Waals surface area contributed by atoms with E-state index in [2.05, 4.69) is 34.5 Å². The number of benzene rings is 1. The van der Waals surface area contributed by atoms with Gasteiger partial charge in [-0.2, -0.15) is 0 Å². The lowest BCUT2D eigenvalue weighted by Crippen LogP contribution is -2.40. The molecule has 1 atom stereocenters. The minimum atomic E-state index is 0.0722. The van der Waals surface area contributed by atoms with Gasteiger partial charge in [0.25, 0.3) is 0 Å². The van der Waals surface area contributed by atoms with Gasteiger partial charge in [-0.3, -0.25) is 0 Å². The van der Waals surface area contributed by atoms with E-state index in [4.69, 9.17) is 19.8 Å². The Morgan fingerprint density at radius 1 is 1.14 bits per heavy atom. The van der Waals surface area contributed by atoms with Gasteiger partial charge in [-0.05, 0) is 31.2 Å². The minimum Gasteiger partial charge on any atom is -0.394 e. The second kappa shape index (κ2) is 7.78. The average Bonchev–Trinajstić information content (AvgIpc) is 3.51. The average molecular weight is 396 g/mol. The summed E-state index contributed by atoms with van der Waals surface area (Å²) >= 11 is 1.72. The molecule has 1 aliphatic carbocycles. The number of ether oxygens (including phenoxy) is 1. The molecule has 0 bridgehead atoms. The lowest BCUT2D eigenvalue weighted by atomic mass is 10.0. The molecule has 1 aromatic carbocycles. The maximum Gasteiger partial charge on any atom is 0.141 e. The van der Waals surface area contributed by atoms with Crippen LogP contribution < -0.4 is 4.90 Å². The van der Waals surface area contributed by atoms with Gasteiger partial charge in [0.15, 0.2) is 0 Å². The number of aliphatic hydroxyl groups excluding tert-OH is 1. The highest BCUT2D eigenvalue weighted by Gasteiger charge is 2.31. The van der Waals surface area contributed by atoms with Gasteiger partial charge < -0.3 is 14.7 Å². The summed E-state index contributed by atoms with van der Waals surface area (Å²) in [5, 5.41) is 12.5. The summed E-state index contributed by atoms with van der Waals surface area (Å²) in [6.07, 6.45) is 4.66. The monoisotopic (exact) mass is 395 g/mol. The zero-order valence-corrected chi connectivity index (χ0v) is 16.7. The van der Waals surface area contributed by atoms with Crippen LogP contribution in [-0.2, 0) is 4.74 Å². The highest BCUT2D eigenvalue weighted by Crippen LogP contribution is 2.43. The van der Waals surface area contributed by atoms with Crippen LogP contribution in [0.4, 0.5) is 5.82 Å². The van der Waals surface area contributed by atoms with E-state index in [0.29, 0.717) is 12.5 Å². The first-order chi connectivity index (χ1) is 13.8. The molecule has 0 amide bonds. The standard InChI is InChI=1S/C22H25N3O2S/c26-11-12-27-17-7-4-10-25(13-17)21-19-18(15-5-2-1-3-6-15)14-28-22(19)24-20(23-21)16-8-9-16/h1-3,5-6,14,16-17,26H,4,7-13H2. The first kappa shape index (κ1) is 18.0. The summed E-state index contributed by atoms with van der Waals surface area (Å²) in [7, 11) is 0. The van der Waals surface area contributed by atoms with Crippen molar-refractivity contribution in [1.29, 1.82) is 0 Å². The van der Waals surface area contributed by atoms with Crippen molar-refractivity contribution in [2.45, 2.75) is 37.7 Å². The molecule has 2 aromatic heterocycles. The van der Waals surface area contributed by atoms with Crippen molar-refractivity contribution in [2.75, 3.05) is 31.2 Å². The molecule has 1 aliphatic heterocycles. The second-order valence-corrected chi connectivity index (χ2v) is 8.54. The molecule has 5 nitrogen and oxygen atoms in total. The number of piperidine rings is 1. The molecule has 5 rings (SSSR count). The van der Waals surface area contributed by atoms with E-state index in [9.17, 15) is 0 Å². The van der Waals surface area contributed by atoms with Crippen LogP contribution in [0.5, 0.6) is 0 Å². The molecule has 146 valence electrons. The van der Waals surface area contributed by atoms with Crippen LogP contribution in [0.25, 0.3) is 21.3 Å². The van der Waals surface area contributed by atoms with Gasteiger partial charge in [-0.15, -0.1) is 11.3 Å². The van der Waals surface area contributed by atoms with Crippen LogP contribution in [0.1, 0.15) is 37.4 Å². The van der Waals surface area contributed by atoms with Crippen LogP contribution in [0, 0.1) is 0 Å². The van der Waals surface area contributed by atoms with Gasteiger partial charge in [-0.25, -0.2) is 9.97 Å². The Labute approximate surface area is 169 Å². The van der Waals surface area contributed by atoms with Crippen molar-refractivity contribution in [1.82, 2.24) is 9.97 Å². The van der Waals surface area contributed by atoms with Crippen LogP contribution in [0.15, 0.2) is 35.7 Å². The molecule has 2 fully saturated rings. The maximum atomic E-state index is 9.10. The van der Waals surface area contributed by atoms with E-state index in [1.807, 2.05) is 6.07 Å². The maximum absolute atomic E-state index is 9.10. The Kier molecular flexibility index (Phi) is 5.01. The summed E-state index contributed by atoms with van der Waals surface area (Å²) in [4.78, 5) is 13.5. The molecule has 6 heteroatoms. The first-order valence-corrected chi connectivity index (χ1v) is 11.0. The van der Waals surface area contributed by atoms with Crippen molar-refractivity contribution in [2.24, 2.45) is 0 Å². The largest absolute Gasteiger partial charge is 0.394 e. The summed E-state index contributed by atoms with van der Waals surface area (Å²) < 4.78 is 5.85. The number of thiophene rings is 1. The van der Waals surface area contributed by atoms with E-state index in [1.54, 1.807) is 11.3 Å². The van der Waals surface area contributed by atoms with Crippen LogP contribution >= 0.6 is 11.3 Å². The van der Waals surface area contributed by atoms with Crippen LogP contribution in [-0.4, -0.2) is 47.5 Å². The quantitative estimate of drug-likeness (QED) is 0.677. The number of rotatable bonds is 6. The van der Waals surface area contributed by atoms with Gasteiger partial charge in [0, 0.05) is 30.0 Å². The van der Waals surface area contributed by atoms with Crippen LogP contribution in [0.3, 0.4) is 0 Å². The van der Waals surface area contributed by atoms with Crippen molar-refractivity contribution in [3.63, 3.8) is 0 Å². The fraction of sp³-hybridized carbons (Fsp3) is 0.455. The number of fused-ring (bicyclic) bond motifs is 1. The number of anilines is 1. The lowest BCUT2D eigenvalue weighted by molar-refractivity contribution is 0.0214. The summed E-state index contributed by atoms with van der Waals surface area (Å²) in [6.45, 7) is 2.28. The molecule has 1 N–H and O–H groups in total. The molecule has 1 unspecified atom stereocenters. The highest BCUT2D eigenvalue weighted by molar-refractivity contribution is 7.17. The summed E-state index contributed by atoms with van der Waals surface area (Å²) in [5.41, 5.74) is 2.43. The Morgan fingerprint density at radius 2 is 2.00 bits per heavy atom. The fourth-order valence-corrected chi connectivity index (χ4v) is 4.96. The van der Waals surface area contributed by atoms with Gasteiger partial charge in [0.2, 0.25) is 0 Å². The number of aromatic nitrogens is 2. The third kappa shape index (κ3) is 3.52. The fourth-order valence-electron chi connectivity index (χ4n) is 4.01. The molecule has 1 saturated carbocycles. The van der Waals surface area contributed by atoms with Gasteiger partial charge in [-0.1, -0.05) is 30.3 Å². The van der Waals surface area contributed by atoms with E-state index in [-0.39, 0.29) is 12.7 Å². The normalized spacial score (nSPS) is 20.0. The predicted octanol–water partition coefficient (Wildman–Crippen LogP) is 4.21. The molecule has 1 saturated heterocycles. The number of hydrogen-bond donors (Lipinski definition) is 1. The Bertz CT molecular complexity index is 955. The molecule has 3 aromatic rings. The van der Waals surface area contributed by atoms with Crippen molar-refractivity contribution in [3.8, 4) is 11.1 Å². The lowest BCUT2D eigenvalue weighted by Gasteiger charge is -2.34. The molecule has 0 radical (unpaired) electrons. The third-order valence-corrected chi connectivity index (χ3v) is 6.45. The molecule has 0 spiro atoms. The number of aliphatic hydroxyl groups is 1. The third-order valence-electron chi connectivity index (χ3n) is 5.58. The molecule has 3 heterocycles. The Balaban J connectivity index is 1.58. The zero-order valence-electron chi connectivity index (χ0n) is 15.9. The topological polar surface area (TPSA) is 58.5 Å². The smallest absolute Gasteiger partial charge is 0.141 e. The van der Waals surface area contributed by atoms with Gasteiger partial charge >= 0.3 is 0 Å². The Hall–Kier alpha value is -2.02. The number of hydrogen-bond acceptors (Lipinski definition) is 6. The van der Waals surface area contributed by atoms with Crippen molar-refractivity contribution < 1.29 is 9.84 Å². The minimum absolute atomic E-state index is 0.0722. The van der Waals surface area contributed by atoms with Crippen molar-refractivity contribution in [3.05, 3.63) is 41.5 Å².